The first kappa shape index (κ1) is 12.4. The average Bonchev–Trinajstić information content (AvgIpc) is 2.21. The number of hydrogen-bond donors (Lipinski definition) is 0. The Morgan fingerprint density at radius 3 is 2.65 bits per heavy atom. The van der Waals surface area contributed by atoms with Crippen LogP contribution in [0, 0.1) is 13.8 Å². The van der Waals surface area contributed by atoms with E-state index in [0.717, 1.165) is 23.1 Å². The Balaban J connectivity index is 2.32. The predicted octanol–water partition coefficient (Wildman–Crippen LogP) is 2.82. The molecule has 4 heteroatoms. The Bertz CT molecular complexity index is 436. The number of esters is 1. The molecule has 1 aromatic rings. The van der Waals surface area contributed by atoms with Gasteiger partial charge in [-0.2, -0.15) is 0 Å². The van der Waals surface area contributed by atoms with Gasteiger partial charge in [0.2, 0.25) is 0 Å². The summed E-state index contributed by atoms with van der Waals surface area (Å²) < 4.78 is 5.86. The highest BCUT2D eigenvalue weighted by Crippen LogP contribution is 2.36. The van der Waals surface area contributed by atoms with E-state index in [2.05, 4.69) is 46.8 Å². The Labute approximate surface area is 110 Å². The number of aryl methyl sites for hydroxylation is 2. The van der Waals surface area contributed by atoms with E-state index in [1.165, 1.54) is 18.2 Å². The van der Waals surface area contributed by atoms with E-state index in [0.29, 0.717) is 0 Å². The van der Waals surface area contributed by atoms with Gasteiger partial charge in [0.25, 0.3) is 0 Å². The van der Waals surface area contributed by atoms with Crippen LogP contribution in [0.3, 0.4) is 0 Å². The van der Waals surface area contributed by atoms with Crippen LogP contribution in [0.1, 0.15) is 17.5 Å². The number of anilines is 1. The third-order valence-corrected chi connectivity index (χ3v) is 3.78. The first-order chi connectivity index (χ1) is 8.04. The molecule has 0 bridgehead atoms. The number of hydrogen-bond acceptors (Lipinski definition) is 3. The molecule has 0 N–H and O–H groups in total. The highest BCUT2D eigenvalue weighted by atomic mass is 79.9. The fourth-order valence-corrected chi connectivity index (χ4v) is 3.21. The summed E-state index contributed by atoms with van der Waals surface area (Å²) >= 11 is 3.58. The second kappa shape index (κ2) is 4.69. The van der Waals surface area contributed by atoms with Crippen molar-refractivity contribution in [3.8, 4) is 0 Å². The Morgan fingerprint density at radius 1 is 1.47 bits per heavy atom. The van der Waals surface area contributed by atoms with Gasteiger partial charge in [-0.05, 0) is 53.4 Å². The van der Waals surface area contributed by atoms with E-state index >= 15 is 0 Å². The summed E-state index contributed by atoms with van der Waals surface area (Å²) in [5.74, 6) is -0.150. The molecule has 0 aromatic heterocycles. The van der Waals surface area contributed by atoms with Gasteiger partial charge in [-0.3, -0.25) is 0 Å². The van der Waals surface area contributed by atoms with Crippen molar-refractivity contribution < 1.29 is 9.53 Å². The largest absolute Gasteiger partial charge is 0.467 e. The smallest absolute Gasteiger partial charge is 0.328 e. The van der Waals surface area contributed by atoms with Crippen molar-refractivity contribution in [3.63, 3.8) is 0 Å². The predicted molar refractivity (Wildman–Crippen MR) is 71.4 cm³/mol. The summed E-state index contributed by atoms with van der Waals surface area (Å²) in [5, 5.41) is 0. The van der Waals surface area contributed by atoms with Crippen molar-refractivity contribution in [1.82, 2.24) is 0 Å². The Morgan fingerprint density at radius 2 is 2.18 bits per heavy atom. The third-order valence-electron chi connectivity index (χ3n) is 3.18. The van der Waals surface area contributed by atoms with Gasteiger partial charge in [0.05, 0.1) is 12.8 Å². The van der Waals surface area contributed by atoms with E-state index in [-0.39, 0.29) is 12.0 Å². The van der Waals surface area contributed by atoms with Gasteiger partial charge in [-0.15, -0.1) is 0 Å². The molecule has 3 nitrogen and oxygen atoms in total. The molecule has 1 aromatic carbocycles. The fraction of sp³-hybridized carbons (Fsp3) is 0.462. The molecular formula is C13H16BrNO2. The normalized spacial score (nSPS) is 18.8. The number of methoxy groups -OCH3 is 1. The summed E-state index contributed by atoms with van der Waals surface area (Å²) in [4.78, 5) is 13.7. The molecule has 0 amide bonds. The van der Waals surface area contributed by atoms with Crippen molar-refractivity contribution in [2.75, 3.05) is 18.6 Å². The van der Waals surface area contributed by atoms with Gasteiger partial charge in [0.15, 0.2) is 0 Å². The van der Waals surface area contributed by atoms with Crippen molar-refractivity contribution in [2.24, 2.45) is 0 Å². The second-order valence-corrected chi connectivity index (χ2v) is 5.29. The SMILES string of the molecule is COC(=O)C1CCN1c1c(C)cc(C)cc1Br. The molecular weight excluding hydrogens is 282 g/mol. The van der Waals surface area contributed by atoms with E-state index in [1.54, 1.807) is 0 Å². The highest BCUT2D eigenvalue weighted by Gasteiger charge is 2.36. The van der Waals surface area contributed by atoms with E-state index in [9.17, 15) is 4.79 Å². The number of nitrogens with zero attached hydrogens (tertiary/aromatic N) is 1. The summed E-state index contributed by atoms with van der Waals surface area (Å²) in [6.07, 6.45) is 0.867. The van der Waals surface area contributed by atoms with Gasteiger partial charge in [0, 0.05) is 11.0 Å². The molecule has 0 radical (unpaired) electrons. The monoisotopic (exact) mass is 297 g/mol. The Hall–Kier alpha value is -1.03. The van der Waals surface area contributed by atoms with Gasteiger partial charge in [-0.25, -0.2) is 4.79 Å². The van der Waals surface area contributed by atoms with Gasteiger partial charge in [0.1, 0.15) is 6.04 Å². The van der Waals surface area contributed by atoms with Crippen LogP contribution in [0.2, 0.25) is 0 Å². The minimum Gasteiger partial charge on any atom is -0.467 e. The first-order valence-corrected chi connectivity index (χ1v) is 6.45. The minimum atomic E-state index is -0.150. The zero-order valence-electron chi connectivity index (χ0n) is 10.3. The summed E-state index contributed by atoms with van der Waals surface area (Å²) in [5.41, 5.74) is 3.51. The summed E-state index contributed by atoms with van der Waals surface area (Å²) in [6, 6.07) is 4.08. The summed E-state index contributed by atoms with van der Waals surface area (Å²) in [7, 11) is 1.44. The fourth-order valence-electron chi connectivity index (χ4n) is 2.31. The molecule has 0 spiro atoms. The summed E-state index contributed by atoms with van der Waals surface area (Å²) in [6.45, 7) is 5.04. The Kier molecular flexibility index (Phi) is 3.43. The number of rotatable bonds is 2. The van der Waals surface area contributed by atoms with Crippen LogP contribution in [-0.4, -0.2) is 25.7 Å². The maximum absolute atomic E-state index is 11.6. The van der Waals surface area contributed by atoms with E-state index in [1.807, 2.05) is 0 Å². The second-order valence-electron chi connectivity index (χ2n) is 4.43. The molecule has 1 saturated heterocycles. The van der Waals surface area contributed by atoms with Crippen LogP contribution in [0.4, 0.5) is 5.69 Å². The lowest BCUT2D eigenvalue weighted by Gasteiger charge is -2.42. The lowest BCUT2D eigenvalue weighted by Crippen LogP contribution is -2.53. The number of carbonyl (C=O) groups excluding carboxylic acids is 1. The standard InChI is InChI=1S/C13H16BrNO2/c1-8-6-9(2)12(10(14)7-8)15-5-4-11(15)13(16)17-3/h6-7,11H,4-5H2,1-3H3. The molecule has 0 aliphatic carbocycles. The zero-order chi connectivity index (χ0) is 12.6. The van der Waals surface area contributed by atoms with Crippen LogP contribution < -0.4 is 4.90 Å². The molecule has 1 heterocycles. The molecule has 0 saturated carbocycles. The highest BCUT2D eigenvalue weighted by molar-refractivity contribution is 9.10. The maximum atomic E-state index is 11.6. The number of ether oxygens (including phenoxy) is 1. The molecule has 17 heavy (non-hydrogen) atoms. The van der Waals surface area contributed by atoms with E-state index < -0.39 is 0 Å². The van der Waals surface area contributed by atoms with Gasteiger partial charge in [-0.1, -0.05) is 6.07 Å². The quantitative estimate of drug-likeness (QED) is 0.786. The third kappa shape index (κ3) is 2.18. The van der Waals surface area contributed by atoms with Crippen LogP contribution in [-0.2, 0) is 9.53 Å². The topological polar surface area (TPSA) is 29.5 Å². The van der Waals surface area contributed by atoms with Crippen molar-refractivity contribution in [2.45, 2.75) is 26.3 Å². The molecule has 1 aliphatic heterocycles. The number of halogens is 1. The van der Waals surface area contributed by atoms with Crippen LogP contribution in [0.5, 0.6) is 0 Å². The average molecular weight is 298 g/mol. The molecule has 1 aliphatic rings. The van der Waals surface area contributed by atoms with Gasteiger partial charge >= 0.3 is 5.97 Å². The van der Waals surface area contributed by atoms with Crippen LogP contribution >= 0.6 is 15.9 Å². The lowest BCUT2D eigenvalue weighted by molar-refractivity contribution is -0.143. The van der Waals surface area contributed by atoms with Crippen molar-refractivity contribution >= 4 is 27.6 Å². The molecule has 1 fully saturated rings. The van der Waals surface area contributed by atoms with E-state index in [4.69, 9.17) is 4.74 Å². The molecule has 92 valence electrons. The van der Waals surface area contributed by atoms with Gasteiger partial charge < -0.3 is 9.64 Å². The minimum absolute atomic E-state index is 0.127. The lowest BCUT2D eigenvalue weighted by atomic mass is 9.99. The zero-order valence-corrected chi connectivity index (χ0v) is 11.9. The maximum Gasteiger partial charge on any atom is 0.328 e. The molecule has 1 unspecified atom stereocenters. The van der Waals surface area contributed by atoms with Crippen molar-refractivity contribution in [3.05, 3.63) is 27.7 Å². The molecule has 2 rings (SSSR count). The number of benzene rings is 1. The van der Waals surface area contributed by atoms with Crippen LogP contribution in [0.15, 0.2) is 16.6 Å². The molecule has 1 atom stereocenters. The first-order valence-electron chi connectivity index (χ1n) is 5.66. The van der Waals surface area contributed by atoms with Crippen molar-refractivity contribution in [1.29, 1.82) is 0 Å². The van der Waals surface area contributed by atoms with Crippen LogP contribution in [0.25, 0.3) is 0 Å². The number of carbonyl (C=O) groups is 1.